The highest BCUT2D eigenvalue weighted by molar-refractivity contribution is 7.21. The van der Waals surface area contributed by atoms with Crippen molar-refractivity contribution >= 4 is 50.4 Å². The van der Waals surface area contributed by atoms with E-state index in [4.69, 9.17) is 17.3 Å². The number of carbonyl (C=O) groups excluding carboxylic acids is 1. The van der Waals surface area contributed by atoms with Gasteiger partial charge in [0.15, 0.2) is 0 Å². The Morgan fingerprint density at radius 1 is 1.04 bits per heavy atom. The van der Waals surface area contributed by atoms with Crippen molar-refractivity contribution in [1.82, 2.24) is 9.97 Å². The molecule has 1 aromatic carbocycles. The van der Waals surface area contributed by atoms with Gasteiger partial charge in [0.05, 0.1) is 11.4 Å². The van der Waals surface area contributed by atoms with Crippen LogP contribution in [0.25, 0.3) is 21.5 Å². The minimum atomic E-state index is -0.259. The molecule has 0 unspecified atom stereocenters. The Kier molecular flexibility index (Phi) is 4.28. The molecule has 0 radical (unpaired) electrons. The van der Waals surface area contributed by atoms with Gasteiger partial charge in [0, 0.05) is 34.1 Å². The molecule has 0 atom stereocenters. The third-order valence-electron chi connectivity index (χ3n) is 3.88. The van der Waals surface area contributed by atoms with Crippen molar-refractivity contribution in [3.63, 3.8) is 0 Å². The van der Waals surface area contributed by atoms with E-state index in [1.807, 2.05) is 36.4 Å². The molecule has 0 saturated heterocycles. The number of nitrogens with two attached hydrogens (primary N) is 1. The summed E-state index contributed by atoms with van der Waals surface area (Å²) in [5.41, 5.74) is 9.03. The quantitative estimate of drug-likeness (QED) is 0.532. The molecule has 0 saturated carbocycles. The first kappa shape index (κ1) is 16.5. The Bertz CT molecular complexity index is 1090. The van der Waals surface area contributed by atoms with E-state index in [0.29, 0.717) is 21.3 Å². The normalized spacial score (nSPS) is 10.8. The van der Waals surface area contributed by atoms with Crippen molar-refractivity contribution in [1.29, 1.82) is 0 Å². The molecular weight excluding hydrogens is 368 g/mol. The largest absolute Gasteiger partial charge is 0.397 e. The first-order chi connectivity index (χ1) is 12.6. The third kappa shape index (κ3) is 3.12. The van der Waals surface area contributed by atoms with E-state index in [2.05, 4.69) is 15.3 Å². The molecule has 3 heterocycles. The predicted molar refractivity (Wildman–Crippen MR) is 107 cm³/mol. The molecular formula is C19H13ClN4OS. The minimum absolute atomic E-state index is 0.259. The van der Waals surface area contributed by atoms with Gasteiger partial charge in [-0.3, -0.25) is 9.78 Å². The summed E-state index contributed by atoms with van der Waals surface area (Å²) in [5, 5.41) is 4.26. The predicted octanol–water partition coefficient (Wildman–Crippen LogP) is 4.85. The zero-order chi connectivity index (χ0) is 18.1. The lowest BCUT2D eigenvalue weighted by atomic mass is 10.1. The Balaban J connectivity index is 1.70. The molecule has 0 aliphatic carbocycles. The summed E-state index contributed by atoms with van der Waals surface area (Å²) < 4.78 is 0. The van der Waals surface area contributed by atoms with Gasteiger partial charge in [-0.1, -0.05) is 23.7 Å². The average molecular weight is 381 g/mol. The van der Waals surface area contributed by atoms with E-state index in [1.165, 1.54) is 11.3 Å². The van der Waals surface area contributed by atoms with Crippen molar-refractivity contribution in [2.45, 2.75) is 0 Å². The molecule has 5 nitrogen and oxygen atoms in total. The van der Waals surface area contributed by atoms with Crippen LogP contribution in [-0.2, 0) is 0 Å². The zero-order valence-corrected chi connectivity index (χ0v) is 15.0. The number of pyridine rings is 2. The average Bonchev–Trinajstić information content (AvgIpc) is 2.99. The van der Waals surface area contributed by atoms with Gasteiger partial charge in [0.25, 0.3) is 5.91 Å². The van der Waals surface area contributed by atoms with Gasteiger partial charge < -0.3 is 11.1 Å². The van der Waals surface area contributed by atoms with Gasteiger partial charge in [0.1, 0.15) is 9.71 Å². The molecule has 4 aromatic rings. The molecule has 26 heavy (non-hydrogen) atoms. The Labute approximate surface area is 158 Å². The van der Waals surface area contributed by atoms with Crippen molar-refractivity contribution in [3.05, 3.63) is 70.8 Å². The molecule has 0 aliphatic heterocycles. The van der Waals surface area contributed by atoms with Crippen molar-refractivity contribution in [2.75, 3.05) is 11.1 Å². The number of carbonyl (C=O) groups is 1. The summed E-state index contributed by atoms with van der Waals surface area (Å²) in [4.78, 5) is 22.3. The number of nitrogen functional groups attached to an aromatic ring is 1. The lowest BCUT2D eigenvalue weighted by Gasteiger charge is -2.03. The molecule has 4 rings (SSSR count). The third-order valence-corrected chi connectivity index (χ3v) is 5.24. The summed E-state index contributed by atoms with van der Waals surface area (Å²) in [6, 6.07) is 14.7. The fourth-order valence-corrected chi connectivity index (χ4v) is 3.69. The lowest BCUT2D eigenvalue weighted by Crippen LogP contribution is -2.11. The minimum Gasteiger partial charge on any atom is -0.397 e. The smallest absolute Gasteiger partial charge is 0.267 e. The zero-order valence-electron chi connectivity index (χ0n) is 13.4. The number of fused-ring (bicyclic) bond motifs is 1. The van der Waals surface area contributed by atoms with Gasteiger partial charge in [-0.25, -0.2) is 4.98 Å². The van der Waals surface area contributed by atoms with Gasteiger partial charge in [0.2, 0.25) is 0 Å². The number of halogens is 1. The summed E-state index contributed by atoms with van der Waals surface area (Å²) >= 11 is 7.21. The molecule has 128 valence electrons. The molecule has 1 amide bonds. The van der Waals surface area contributed by atoms with Crippen molar-refractivity contribution < 1.29 is 4.79 Å². The first-order valence-electron chi connectivity index (χ1n) is 7.78. The number of nitrogens with zero attached hydrogens (tertiary/aromatic N) is 2. The molecule has 0 fully saturated rings. The van der Waals surface area contributed by atoms with Crippen LogP contribution in [0.4, 0.5) is 11.4 Å². The van der Waals surface area contributed by atoms with E-state index < -0.39 is 0 Å². The maximum Gasteiger partial charge on any atom is 0.267 e. The topological polar surface area (TPSA) is 80.9 Å². The van der Waals surface area contributed by atoms with E-state index in [9.17, 15) is 4.79 Å². The van der Waals surface area contributed by atoms with E-state index in [1.54, 1.807) is 24.5 Å². The van der Waals surface area contributed by atoms with Gasteiger partial charge >= 0.3 is 0 Å². The highest BCUT2D eigenvalue weighted by Crippen LogP contribution is 2.34. The van der Waals surface area contributed by atoms with Crippen LogP contribution < -0.4 is 11.1 Å². The van der Waals surface area contributed by atoms with Gasteiger partial charge in [-0.2, -0.15) is 0 Å². The highest BCUT2D eigenvalue weighted by Gasteiger charge is 2.18. The molecule has 3 aromatic heterocycles. The van der Waals surface area contributed by atoms with E-state index >= 15 is 0 Å². The summed E-state index contributed by atoms with van der Waals surface area (Å²) in [6.45, 7) is 0. The monoisotopic (exact) mass is 380 g/mol. The number of anilines is 2. The number of rotatable bonds is 3. The van der Waals surface area contributed by atoms with Crippen LogP contribution in [0, 0.1) is 0 Å². The van der Waals surface area contributed by atoms with Crippen LogP contribution in [0.3, 0.4) is 0 Å². The summed E-state index contributed by atoms with van der Waals surface area (Å²) in [7, 11) is 0. The molecule has 0 aliphatic rings. The first-order valence-corrected chi connectivity index (χ1v) is 8.97. The number of benzene rings is 1. The number of aromatic nitrogens is 2. The molecule has 0 bridgehead atoms. The summed E-state index contributed by atoms with van der Waals surface area (Å²) in [5.74, 6) is -0.259. The van der Waals surface area contributed by atoms with Crippen LogP contribution >= 0.6 is 22.9 Å². The van der Waals surface area contributed by atoms with E-state index in [0.717, 1.165) is 21.5 Å². The van der Waals surface area contributed by atoms with Crippen LogP contribution in [0.2, 0.25) is 5.02 Å². The second-order valence-electron chi connectivity index (χ2n) is 5.59. The number of hydrogen-bond acceptors (Lipinski definition) is 5. The van der Waals surface area contributed by atoms with Crippen LogP contribution in [0.1, 0.15) is 9.67 Å². The number of thiophene rings is 1. The molecule has 7 heteroatoms. The van der Waals surface area contributed by atoms with Gasteiger partial charge in [-0.15, -0.1) is 11.3 Å². The Hall–Kier alpha value is -2.96. The Morgan fingerprint density at radius 3 is 2.50 bits per heavy atom. The van der Waals surface area contributed by atoms with Gasteiger partial charge in [-0.05, 0) is 36.4 Å². The number of amides is 1. The second kappa shape index (κ2) is 6.74. The van der Waals surface area contributed by atoms with Crippen molar-refractivity contribution in [3.8, 4) is 11.3 Å². The Morgan fingerprint density at radius 2 is 1.77 bits per heavy atom. The lowest BCUT2D eigenvalue weighted by molar-refractivity contribution is 0.103. The SMILES string of the molecule is Nc1c(C(=O)Nc2ccncc2)sc2nc(-c3ccc(Cl)cc3)ccc12. The molecule has 3 N–H and O–H groups in total. The second-order valence-corrected chi connectivity index (χ2v) is 7.03. The standard InChI is InChI=1S/C19H13ClN4OS/c20-12-3-1-11(2-4-12)15-6-5-14-16(21)17(26-19(14)24-15)18(25)23-13-7-9-22-10-8-13/h1-10H,21H2,(H,22,23,25). The van der Waals surface area contributed by atoms with Crippen LogP contribution in [-0.4, -0.2) is 15.9 Å². The summed E-state index contributed by atoms with van der Waals surface area (Å²) in [6.07, 6.45) is 3.23. The van der Waals surface area contributed by atoms with Crippen molar-refractivity contribution in [2.24, 2.45) is 0 Å². The fraction of sp³-hybridized carbons (Fsp3) is 0. The number of nitrogens with one attached hydrogen (secondary N) is 1. The van der Waals surface area contributed by atoms with E-state index in [-0.39, 0.29) is 5.91 Å². The molecule has 0 spiro atoms. The maximum absolute atomic E-state index is 12.6. The fourth-order valence-electron chi connectivity index (χ4n) is 2.57. The highest BCUT2D eigenvalue weighted by atomic mass is 35.5. The maximum atomic E-state index is 12.6. The van der Waals surface area contributed by atoms with Crippen LogP contribution in [0.15, 0.2) is 60.9 Å². The van der Waals surface area contributed by atoms with Crippen LogP contribution in [0.5, 0.6) is 0 Å². The number of hydrogen-bond donors (Lipinski definition) is 2.